The van der Waals surface area contributed by atoms with Crippen molar-refractivity contribution in [2.75, 3.05) is 0 Å². The van der Waals surface area contributed by atoms with E-state index in [0.29, 0.717) is 22.4 Å². The maximum Gasteiger partial charge on any atom is 0.122 e. The van der Waals surface area contributed by atoms with E-state index in [1.54, 1.807) is 18.2 Å². The van der Waals surface area contributed by atoms with Crippen LogP contribution in [0.5, 0.6) is 5.75 Å². The van der Waals surface area contributed by atoms with Crippen molar-refractivity contribution < 1.29 is 4.74 Å². The summed E-state index contributed by atoms with van der Waals surface area (Å²) in [5.74, 6) is 0.704. The van der Waals surface area contributed by atoms with Crippen LogP contribution in [0.3, 0.4) is 0 Å². The molecule has 2 nitrogen and oxygen atoms in total. The normalized spacial score (nSPS) is 14.4. The van der Waals surface area contributed by atoms with Gasteiger partial charge in [0.1, 0.15) is 12.4 Å². The summed E-state index contributed by atoms with van der Waals surface area (Å²) >= 11 is 13.8. The molecular weight excluding hydrogens is 325 g/mol. The molecule has 0 unspecified atom stereocenters. The zero-order valence-electron chi connectivity index (χ0n) is 11.8. The number of benzene rings is 1. The summed E-state index contributed by atoms with van der Waals surface area (Å²) in [5, 5.41) is 4.72. The standard InChI is InChI=1S/C16H17Cl2NOS/c1-10-11(4-16(21-10)8-19-14-2-3-14)9-20-15-6-12(17)5-13(18)7-15/h4-7,14,19H,2-3,8-9H2,1H3. The van der Waals surface area contributed by atoms with Crippen LogP contribution in [-0.4, -0.2) is 6.04 Å². The van der Waals surface area contributed by atoms with Gasteiger partial charge in [-0.15, -0.1) is 11.3 Å². The molecule has 0 saturated heterocycles. The van der Waals surface area contributed by atoms with Crippen LogP contribution in [-0.2, 0) is 13.2 Å². The fraction of sp³-hybridized carbons (Fsp3) is 0.375. The summed E-state index contributed by atoms with van der Waals surface area (Å²) < 4.78 is 5.80. The summed E-state index contributed by atoms with van der Waals surface area (Å²) in [6, 6.07) is 8.23. The van der Waals surface area contributed by atoms with Gasteiger partial charge in [-0.1, -0.05) is 23.2 Å². The van der Waals surface area contributed by atoms with Crippen LogP contribution >= 0.6 is 34.5 Å². The quantitative estimate of drug-likeness (QED) is 0.780. The van der Waals surface area contributed by atoms with Crippen molar-refractivity contribution in [1.29, 1.82) is 0 Å². The third kappa shape index (κ3) is 4.36. The Hall–Kier alpha value is -0.740. The molecule has 0 amide bonds. The fourth-order valence-corrected chi connectivity index (χ4v) is 3.63. The Kier molecular flexibility index (Phi) is 4.75. The zero-order chi connectivity index (χ0) is 14.8. The van der Waals surface area contributed by atoms with E-state index in [9.17, 15) is 0 Å². The van der Waals surface area contributed by atoms with Gasteiger partial charge in [0.05, 0.1) is 0 Å². The van der Waals surface area contributed by atoms with E-state index < -0.39 is 0 Å². The van der Waals surface area contributed by atoms with Crippen LogP contribution in [0.25, 0.3) is 0 Å². The largest absolute Gasteiger partial charge is 0.489 e. The molecule has 2 aromatic rings. The molecule has 1 N–H and O–H groups in total. The molecule has 112 valence electrons. The van der Waals surface area contributed by atoms with Crippen molar-refractivity contribution in [1.82, 2.24) is 5.32 Å². The number of aryl methyl sites for hydroxylation is 1. The maximum absolute atomic E-state index is 5.97. The second kappa shape index (κ2) is 6.57. The molecule has 0 radical (unpaired) electrons. The van der Waals surface area contributed by atoms with Gasteiger partial charge in [-0.25, -0.2) is 0 Å². The van der Waals surface area contributed by atoms with E-state index >= 15 is 0 Å². The first kappa shape index (κ1) is 15.2. The highest BCUT2D eigenvalue weighted by atomic mass is 35.5. The molecule has 0 spiro atoms. The van der Waals surface area contributed by atoms with E-state index in [1.165, 1.54) is 28.2 Å². The third-order valence-electron chi connectivity index (χ3n) is 3.44. The van der Waals surface area contributed by atoms with Crippen LogP contribution in [0.15, 0.2) is 24.3 Å². The van der Waals surface area contributed by atoms with Gasteiger partial charge in [0.2, 0.25) is 0 Å². The molecule has 5 heteroatoms. The Morgan fingerprint density at radius 3 is 2.57 bits per heavy atom. The lowest BCUT2D eigenvalue weighted by Gasteiger charge is -2.06. The molecule has 0 aliphatic heterocycles. The van der Waals surface area contributed by atoms with E-state index in [0.717, 1.165) is 12.6 Å². The summed E-state index contributed by atoms with van der Waals surface area (Å²) in [6.07, 6.45) is 2.63. The molecule has 1 heterocycles. The highest BCUT2D eigenvalue weighted by Crippen LogP contribution is 2.27. The highest BCUT2D eigenvalue weighted by Gasteiger charge is 2.20. The summed E-state index contributed by atoms with van der Waals surface area (Å²) in [7, 11) is 0. The molecule has 1 aliphatic rings. The second-order valence-corrected chi connectivity index (χ2v) is 7.56. The number of nitrogens with one attached hydrogen (secondary N) is 1. The highest BCUT2D eigenvalue weighted by molar-refractivity contribution is 7.12. The summed E-state index contributed by atoms with van der Waals surface area (Å²) in [6.45, 7) is 3.64. The molecule has 1 aromatic carbocycles. The van der Waals surface area contributed by atoms with Crippen molar-refractivity contribution in [3.63, 3.8) is 0 Å². The minimum absolute atomic E-state index is 0.544. The predicted octanol–water partition coefficient (Wildman–Crippen LogP) is 5.19. The first-order valence-corrected chi connectivity index (χ1v) is 8.58. The van der Waals surface area contributed by atoms with Gasteiger partial charge in [-0.2, -0.15) is 0 Å². The Morgan fingerprint density at radius 2 is 1.90 bits per heavy atom. The summed E-state index contributed by atoms with van der Waals surface area (Å²) in [5.41, 5.74) is 1.23. The topological polar surface area (TPSA) is 21.3 Å². The molecular formula is C16H17Cl2NOS. The maximum atomic E-state index is 5.97. The number of hydrogen-bond donors (Lipinski definition) is 1. The molecule has 1 aliphatic carbocycles. The van der Waals surface area contributed by atoms with Gasteiger partial charge in [0.15, 0.2) is 0 Å². The lowest BCUT2D eigenvalue weighted by molar-refractivity contribution is 0.306. The molecule has 1 aromatic heterocycles. The van der Waals surface area contributed by atoms with Crippen LogP contribution in [0.4, 0.5) is 0 Å². The molecule has 0 bridgehead atoms. The minimum atomic E-state index is 0.544. The molecule has 1 fully saturated rings. The van der Waals surface area contributed by atoms with Crippen LogP contribution in [0, 0.1) is 6.92 Å². The van der Waals surface area contributed by atoms with E-state index in [-0.39, 0.29) is 0 Å². The average molecular weight is 342 g/mol. The first-order valence-electron chi connectivity index (χ1n) is 7.00. The van der Waals surface area contributed by atoms with Crippen LogP contribution < -0.4 is 10.1 Å². The van der Waals surface area contributed by atoms with E-state index in [1.807, 2.05) is 11.3 Å². The molecule has 3 rings (SSSR count). The van der Waals surface area contributed by atoms with Gasteiger partial charge in [0.25, 0.3) is 0 Å². The van der Waals surface area contributed by atoms with E-state index in [4.69, 9.17) is 27.9 Å². The van der Waals surface area contributed by atoms with Gasteiger partial charge in [-0.05, 0) is 44.0 Å². The summed E-state index contributed by atoms with van der Waals surface area (Å²) in [4.78, 5) is 2.66. The number of rotatable bonds is 6. The number of hydrogen-bond acceptors (Lipinski definition) is 3. The van der Waals surface area contributed by atoms with Gasteiger partial charge in [0, 0.05) is 37.9 Å². The lowest BCUT2D eigenvalue weighted by Crippen LogP contribution is -2.14. The fourth-order valence-electron chi connectivity index (χ4n) is 2.12. The Bertz CT molecular complexity index is 617. The predicted molar refractivity (Wildman–Crippen MR) is 89.7 cm³/mol. The van der Waals surface area contributed by atoms with Gasteiger partial charge >= 0.3 is 0 Å². The van der Waals surface area contributed by atoms with Crippen LogP contribution in [0.1, 0.15) is 28.2 Å². The zero-order valence-corrected chi connectivity index (χ0v) is 14.1. The number of halogens is 2. The molecule has 0 atom stereocenters. The Balaban J connectivity index is 1.61. The van der Waals surface area contributed by atoms with Crippen molar-refractivity contribution in [2.24, 2.45) is 0 Å². The van der Waals surface area contributed by atoms with Gasteiger partial charge in [-0.3, -0.25) is 0 Å². The van der Waals surface area contributed by atoms with Crippen molar-refractivity contribution in [3.05, 3.63) is 49.6 Å². The Morgan fingerprint density at radius 1 is 1.19 bits per heavy atom. The first-order chi connectivity index (χ1) is 10.1. The smallest absolute Gasteiger partial charge is 0.122 e. The van der Waals surface area contributed by atoms with Crippen molar-refractivity contribution >= 4 is 34.5 Å². The van der Waals surface area contributed by atoms with E-state index in [2.05, 4.69) is 18.3 Å². The number of ether oxygens (including phenoxy) is 1. The van der Waals surface area contributed by atoms with Crippen molar-refractivity contribution in [3.8, 4) is 5.75 Å². The van der Waals surface area contributed by atoms with Crippen LogP contribution in [0.2, 0.25) is 10.0 Å². The minimum Gasteiger partial charge on any atom is -0.489 e. The SMILES string of the molecule is Cc1sc(CNC2CC2)cc1COc1cc(Cl)cc(Cl)c1. The van der Waals surface area contributed by atoms with Gasteiger partial charge < -0.3 is 10.1 Å². The average Bonchev–Trinajstić information content (AvgIpc) is 3.17. The lowest BCUT2D eigenvalue weighted by atomic mass is 10.2. The Labute approximate surface area is 139 Å². The second-order valence-electron chi connectivity index (χ2n) is 5.34. The monoisotopic (exact) mass is 341 g/mol. The molecule has 1 saturated carbocycles. The number of thiophene rings is 1. The molecule has 21 heavy (non-hydrogen) atoms. The van der Waals surface area contributed by atoms with Crippen molar-refractivity contribution in [2.45, 2.75) is 39.0 Å². The third-order valence-corrected chi connectivity index (χ3v) is 4.97.